The fraction of sp³-hybridized carbons (Fsp3) is 1.00. The van der Waals surface area contributed by atoms with Crippen LogP contribution >= 0.6 is 0 Å². The number of hydrogen-bond acceptors (Lipinski definition) is 3. The van der Waals surface area contributed by atoms with Crippen LogP contribution in [0, 0.1) is 10.1 Å². The average molecular weight is 217 g/mol. The molecule has 0 unspecified atom stereocenters. The molecule has 1 atom stereocenters. The third-order valence-corrected chi connectivity index (χ3v) is 2.50. The number of aliphatic hydroxyl groups is 1. The molecule has 0 saturated heterocycles. The standard InChI is InChI=1S/C11H23NO3/c1-2-3-4-5-6-7-8-9-11(13)10-12(14)15/h11,13H,2-10H2,1H3/t11-/m0/s1. The quantitative estimate of drug-likeness (QED) is 0.347. The number of aliphatic hydroxyl groups excluding tert-OH is 1. The molecule has 0 saturated carbocycles. The largest absolute Gasteiger partial charge is 0.386 e. The summed E-state index contributed by atoms with van der Waals surface area (Å²) < 4.78 is 0. The Bertz CT molecular complexity index is 162. The third kappa shape index (κ3) is 11.3. The van der Waals surface area contributed by atoms with Crippen LogP contribution in [0.2, 0.25) is 0 Å². The van der Waals surface area contributed by atoms with Crippen LogP contribution in [-0.2, 0) is 0 Å². The second-order valence-corrected chi connectivity index (χ2v) is 4.08. The summed E-state index contributed by atoms with van der Waals surface area (Å²) in [4.78, 5) is 9.61. The van der Waals surface area contributed by atoms with Gasteiger partial charge in [-0.2, -0.15) is 0 Å². The van der Waals surface area contributed by atoms with Crippen molar-refractivity contribution in [1.29, 1.82) is 0 Å². The van der Waals surface area contributed by atoms with E-state index in [9.17, 15) is 15.2 Å². The molecule has 0 bridgehead atoms. The molecular weight excluding hydrogens is 194 g/mol. The Balaban J connectivity index is 3.13. The molecule has 0 amide bonds. The maximum absolute atomic E-state index is 10.1. The lowest BCUT2D eigenvalue weighted by molar-refractivity contribution is -0.490. The summed E-state index contributed by atoms with van der Waals surface area (Å²) in [5, 5.41) is 19.3. The minimum absolute atomic E-state index is 0.310. The second kappa shape index (κ2) is 9.90. The van der Waals surface area contributed by atoms with Crippen LogP contribution in [-0.4, -0.2) is 22.7 Å². The van der Waals surface area contributed by atoms with Gasteiger partial charge in [-0.25, -0.2) is 0 Å². The first-order valence-corrected chi connectivity index (χ1v) is 5.96. The van der Waals surface area contributed by atoms with Gasteiger partial charge in [-0.15, -0.1) is 0 Å². The van der Waals surface area contributed by atoms with Crippen molar-refractivity contribution in [1.82, 2.24) is 0 Å². The molecular formula is C11H23NO3. The van der Waals surface area contributed by atoms with E-state index in [1.165, 1.54) is 32.1 Å². The molecule has 1 N–H and O–H groups in total. The predicted molar refractivity (Wildman–Crippen MR) is 60.5 cm³/mol. The number of hydrogen-bond donors (Lipinski definition) is 1. The lowest BCUT2D eigenvalue weighted by Crippen LogP contribution is -2.18. The van der Waals surface area contributed by atoms with Gasteiger partial charge in [-0.05, 0) is 6.42 Å². The van der Waals surface area contributed by atoms with Gasteiger partial charge in [0.2, 0.25) is 6.54 Å². The molecule has 0 radical (unpaired) electrons. The van der Waals surface area contributed by atoms with Crippen molar-refractivity contribution in [2.24, 2.45) is 0 Å². The monoisotopic (exact) mass is 217 g/mol. The number of nitro groups is 1. The molecule has 0 heterocycles. The Hall–Kier alpha value is -0.640. The Labute approximate surface area is 91.8 Å². The number of nitrogens with zero attached hydrogens (tertiary/aromatic N) is 1. The van der Waals surface area contributed by atoms with E-state index in [1.54, 1.807) is 0 Å². The zero-order valence-electron chi connectivity index (χ0n) is 9.65. The van der Waals surface area contributed by atoms with Crippen molar-refractivity contribution < 1.29 is 10.0 Å². The fourth-order valence-corrected chi connectivity index (χ4v) is 1.60. The zero-order chi connectivity index (χ0) is 11.5. The Morgan fingerprint density at radius 2 is 1.67 bits per heavy atom. The normalized spacial score (nSPS) is 12.7. The van der Waals surface area contributed by atoms with Crippen molar-refractivity contribution in [3.8, 4) is 0 Å². The van der Waals surface area contributed by atoms with E-state index in [-0.39, 0.29) is 6.54 Å². The van der Waals surface area contributed by atoms with Crippen molar-refractivity contribution in [2.45, 2.75) is 64.4 Å². The van der Waals surface area contributed by atoms with E-state index in [0.29, 0.717) is 6.42 Å². The summed E-state index contributed by atoms with van der Waals surface area (Å²) in [5.74, 6) is 0. The van der Waals surface area contributed by atoms with Gasteiger partial charge >= 0.3 is 0 Å². The predicted octanol–water partition coefficient (Wildman–Crippen LogP) is 2.76. The van der Waals surface area contributed by atoms with Crippen LogP contribution in [0.5, 0.6) is 0 Å². The van der Waals surface area contributed by atoms with Crippen LogP contribution in [0.1, 0.15) is 58.3 Å². The highest BCUT2D eigenvalue weighted by atomic mass is 16.6. The van der Waals surface area contributed by atoms with Gasteiger partial charge in [0.1, 0.15) is 6.10 Å². The van der Waals surface area contributed by atoms with Crippen molar-refractivity contribution in [3.05, 3.63) is 10.1 Å². The fourth-order valence-electron chi connectivity index (χ4n) is 1.60. The summed E-state index contributed by atoms with van der Waals surface area (Å²) in [5.41, 5.74) is 0. The van der Waals surface area contributed by atoms with E-state index in [0.717, 1.165) is 12.8 Å². The minimum atomic E-state index is -0.754. The van der Waals surface area contributed by atoms with Crippen LogP contribution in [0.15, 0.2) is 0 Å². The van der Waals surface area contributed by atoms with Gasteiger partial charge in [0.25, 0.3) is 0 Å². The summed E-state index contributed by atoms with van der Waals surface area (Å²) in [6.45, 7) is 1.88. The van der Waals surface area contributed by atoms with Crippen LogP contribution < -0.4 is 0 Å². The van der Waals surface area contributed by atoms with Crippen molar-refractivity contribution >= 4 is 0 Å². The summed E-state index contributed by atoms with van der Waals surface area (Å²) in [6.07, 6.45) is 8.06. The van der Waals surface area contributed by atoms with Crippen molar-refractivity contribution in [3.63, 3.8) is 0 Å². The minimum Gasteiger partial charge on any atom is -0.386 e. The summed E-state index contributed by atoms with van der Waals surface area (Å²) in [7, 11) is 0. The van der Waals surface area contributed by atoms with Crippen LogP contribution in [0.4, 0.5) is 0 Å². The summed E-state index contributed by atoms with van der Waals surface area (Å²) in [6, 6.07) is 0. The number of rotatable bonds is 10. The van der Waals surface area contributed by atoms with Gasteiger partial charge in [-0.3, -0.25) is 10.1 Å². The van der Waals surface area contributed by atoms with E-state index < -0.39 is 11.0 Å². The molecule has 0 aliphatic heterocycles. The molecule has 0 aromatic carbocycles. The molecule has 4 heteroatoms. The Morgan fingerprint density at radius 3 is 2.20 bits per heavy atom. The topological polar surface area (TPSA) is 63.4 Å². The SMILES string of the molecule is CCCCCCCCC[C@H](O)C[N+](=O)[O-]. The van der Waals surface area contributed by atoms with Gasteiger partial charge < -0.3 is 5.11 Å². The smallest absolute Gasteiger partial charge is 0.229 e. The molecule has 0 aromatic heterocycles. The molecule has 0 spiro atoms. The maximum atomic E-state index is 10.1. The molecule has 0 rings (SSSR count). The van der Waals surface area contributed by atoms with Crippen LogP contribution in [0.3, 0.4) is 0 Å². The Kier molecular flexibility index (Phi) is 9.48. The second-order valence-electron chi connectivity index (χ2n) is 4.08. The van der Waals surface area contributed by atoms with Gasteiger partial charge in [-0.1, -0.05) is 51.9 Å². The van der Waals surface area contributed by atoms with E-state index >= 15 is 0 Å². The molecule has 15 heavy (non-hydrogen) atoms. The highest BCUT2D eigenvalue weighted by molar-refractivity contribution is 4.54. The van der Waals surface area contributed by atoms with E-state index in [4.69, 9.17) is 0 Å². The molecule has 4 nitrogen and oxygen atoms in total. The maximum Gasteiger partial charge on any atom is 0.229 e. The lowest BCUT2D eigenvalue weighted by atomic mass is 10.1. The molecule has 0 aliphatic carbocycles. The van der Waals surface area contributed by atoms with Gasteiger partial charge in [0, 0.05) is 4.92 Å². The third-order valence-electron chi connectivity index (χ3n) is 2.50. The molecule has 0 aliphatic rings. The highest BCUT2D eigenvalue weighted by Crippen LogP contribution is 2.09. The van der Waals surface area contributed by atoms with E-state index in [2.05, 4.69) is 6.92 Å². The first-order valence-electron chi connectivity index (χ1n) is 5.96. The van der Waals surface area contributed by atoms with Crippen LogP contribution in [0.25, 0.3) is 0 Å². The summed E-state index contributed by atoms with van der Waals surface area (Å²) >= 11 is 0. The average Bonchev–Trinajstić information content (AvgIpc) is 2.15. The first-order chi connectivity index (χ1) is 7.16. The molecule has 0 aromatic rings. The number of unbranched alkanes of at least 4 members (excludes halogenated alkanes) is 6. The first kappa shape index (κ1) is 14.4. The zero-order valence-corrected chi connectivity index (χ0v) is 9.65. The Morgan fingerprint density at radius 1 is 1.13 bits per heavy atom. The highest BCUT2D eigenvalue weighted by Gasteiger charge is 2.09. The lowest BCUT2D eigenvalue weighted by Gasteiger charge is -2.05. The molecule has 90 valence electrons. The van der Waals surface area contributed by atoms with Gasteiger partial charge in [0.15, 0.2) is 0 Å². The van der Waals surface area contributed by atoms with E-state index in [1.807, 2.05) is 0 Å². The van der Waals surface area contributed by atoms with Crippen molar-refractivity contribution in [2.75, 3.05) is 6.54 Å². The van der Waals surface area contributed by atoms with Gasteiger partial charge in [0.05, 0.1) is 0 Å². The molecule has 0 fully saturated rings.